The van der Waals surface area contributed by atoms with Crippen LogP contribution in [0.5, 0.6) is 5.75 Å². The number of fused-ring (bicyclic) bond motifs is 1. The minimum atomic E-state index is -1.21. The van der Waals surface area contributed by atoms with Gasteiger partial charge in [0.1, 0.15) is 11.3 Å². The number of benzene rings is 1. The molecular formula is C27H32N2O4. The molecule has 1 aliphatic heterocycles. The monoisotopic (exact) mass is 448 g/mol. The number of nitrogens with zero attached hydrogens (tertiary/aromatic N) is 2. The highest BCUT2D eigenvalue weighted by atomic mass is 16.5. The van der Waals surface area contributed by atoms with Gasteiger partial charge < -0.3 is 19.3 Å². The second-order valence-electron chi connectivity index (χ2n) is 10.2. The van der Waals surface area contributed by atoms with Crippen LogP contribution in [0.1, 0.15) is 61.3 Å². The first-order valence-electron chi connectivity index (χ1n) is 11.3. The van der Waals surface area contributed by atoms with Crippen molar-refractivity contribution in [2.75, 3.05) is 20.7 Å². The normalized spacial score (nSPS) is 19.7. The summed E-state index contributed by atoms with van der Waals surface area (Å²) < 4.78 is 7.47. The van der Waals surface area contributed by atoms with Gasteiger partial charge in [0.15, 0.2) is 5.43 Å². The van der Waals surface area contributed by atoms with Crippen LogP contribution in [0.4, 0.5) is 0 Å². The van der Waals surface area contributed by atoms with Crippen molar-refractivity contribution < 1.29 is 14.6 Å². The first-order valence-corrected chi connectivity index (χ1v) is 11.3. The number of aromatic nitrogens is 1. The quantitative estimate of drug-likeness (QED) is 0.703. The lowest BCUT2D eigenvalue weighted by atomic mass is 9.83. The molecular weight excluding hydrogens is 416 g/mol. The molecule has 1 aromatic carbocycles. The Morgan fingerprint density at radius 3 is 2.48 bits per heavy atom. The molecule has 2 aliphatic rings. The number of aromatic carboxylic acids is 1. The third kappa shape index (κ3) is 4.22. The molecule has 6 heteroatoms. The van der Waals surface area contributed by atoms with E-state index >= 15 is 0 Å². The summed E-state index contributed by atoms with van der Waals surface area (Å²) in [4.78, 5) is 26.8. The number of rotatable bonds is 5. The molecule has 0 amide bonds. The minimum Gasteiger partial charge on any atom is -0.497 e. The Labute approximate surface area is 194 Å². The van der Waals surface area contributed by atoms with Crippen LogP contribution in [0.25, 0.3) is 11.3 Å². The van der Waals surface area contributed by atoms with Gasteiger partial charge in [-0.2, -0.15) is 0 Å². The molecule has 0 saturated heterocycles. The van der Waals surface area contributed by atoms with Gasteiger partial charge in [0.2, 0.25) is 0 Å². The van der Waals surface area contributed by atoms with Crippen LogP contribution in [-0.2, 0) is 0 Å². The minimum absolute atomic E-state index is 0.0132. The maximum atomic E-state index is 12.8. The molecule has 33 heavy (non-hydrogen) atoms. The van der Waals surface area contributed by atoms with E-state index in [1.165, 1.54) is 12.3 Å². The van der Waals surface area contributed by atoms with Crippen molar-refractivity contribution >= 4 is 17.2 Å². The Bertz CT molecular complexity index is 1210. The van der Waals surface area contributed by atoms with E-state index in [4.69, 9.17) is 4.74 Å². The number of methoxy groups -OCH3 is 1. The van der Waals surface area contributed by atoms with Gasteiger partial charge in [0, 0.05) is 31.4 Å². The highest BCUT2D eigenvalue weighted by Crippen LogP contribution is 2.48. The van der Waals surface area contributed by atoms with Crippen molar-refractivity contribution in [3.63, 3.8) is 0 Å². The molecule has 2 aromatic rings. The topological polar surface area (TPSA) is 71.8 Å². The van der Waals surface area contributed by atoms with Gasteiger partial charge in [0.25, 0.3) is 0 Å². The summed E-state index contributed by atoms with van der Waals surface area (Å²) in [6, 6.07) is 9.36. The van der Waals surface area contributed by atoms with E-state index in [9.17, 15) is 14.7 Å². The predicted octanol–water partition coefficient (Wildman–Crippen LogP) is 4.92. The maximum absolute atomic E-state index is 12.8. The van der Waals surface area contributed by atoms with Gasteiger partial charge in [-0.05, 0) is 47.4 Å². The predicted molar refractivity (Wildman–Crippen MR) is 130 cm³/mol. The van der Waals surface area contributed by atoms with E-state index in [-0.39, 0.29) is 17.0 Å². The fourth-order valence-corrected chi connectivity index (χ4v) is 4.69. The van der Waals surface area contributed by atoms with E-state index in [0.29, 0.717) is 12.5 Å². The fourth-order valence-electron chi connectivity index (χ4n) is 4.69. The lowest BCUT2D eigenvalue weighted by Crippen LogP contribution is -2.42. The van der Waals surface area contributed by atoms with Crippen molar-refractivity contribution in [2.45, 2.75) is 39.7 Å². The highest BCUT2D eigenvalue weighted by molar-refractivity contribution is 5.98. The largest absolute Gasteiger partial charge is 0.497 e. The van der Waals surface area contributed by atoms with Crippen LogP contribution in [-0.4, -0.2) is 41.2 Å². The Morgan fingerprint density at radius 1 is 1.21 bits per heavy atom. The zero-order valence-electron chi connectivity index (χ0n) is 20.0. The van der Waals surface area contributed by atoms with Crippen LogP contribution < -0.4 is 10.2 Å². The first-order chi connectivity index (χ1) is 15.5. The number of pyridine rings is 1. The van der Waals surface area contributed by atoms with Crippen LogP contribution in [0.3, 0.4) is 0 Å². The number of hydrogen-bond acceptors (Lipinski definition) is 4. The van der Waals surface area contributed by atoms with Crippen molar-refractivity contribution in [1.29, 1.82) is 0 Å². The van der Waals surface area contributed by atoms with Crippen LogP contribution in [0.2, 0.25) is 0 Å². The van der Waals surface area contributed by atoms with Crippen LogP contribution in [0.15, 0.2) is 53.5 Å². The molecule has 4 rings (SSSR count). The number of hydrogen-bond donors (Lipinski definition) is 1. The maximum Gasteiger partial charge on any atom is 0.341 e. The Morgan fingerprint density at radius 2 is 1.91 bits per heavy atom. The van der Waals surface area contributed by atoms with Crippen molar-refractivity contribution in [2.24, 2.45) is 11.3 Å². The Hall–Kier alpha value is -3.28. The molecule has 0 spiro atoms. The second kappa shape index (κ2) is 8.25. The number of ether oxygens (including phenoxy) is 1. The number of likely N-dealkylation sites (N-methyl/N-ethyl adjacent to an activating group) is 1. The van der Waals surface area contributed by atoms with Crippen molar-refractivity contribution in [3.8, 4) is 5.75 Å². The Balaban J connectivity index is 2.06. The number of carboxylic acids is 1. The average Bonchev–Trinajstić information content (AvgIpc) is 3.59. The molecule has 1 atom stereocenters. The third-order valence-electron chi connectivity index (χ3n) is 6.70. The summed E-state index contributed by atoms with van der Waals surface area (Å²) >= 11 is 0. The molecule has 0 bridgehead atoms. The van der Waals surface area contributed by atoms with Crippen LogP contribution >= 0.6 is 0 Å². The summed E-state index contributed by atoms with van der Waals surface area (Å²) in [6.45, 7) is 11.5. The van der Waals surface area contributed by atoms with E-state index in [0.717, 1.165) is 46.7 Å². The smallest absolute Gasteiger partial charge is 0.341 e. The molecule has 1 aromatic heterocycles. The summed E-state index contributed by atoms with van der Waals surface area (Å²) in [7, 11) is 3.68. The fraction of sp³-hybridized carbons (Fsp3) is 0.407. The Kier molecular flexibility index (Phi) is 5.72. The zero-order chi connectivity index (χ0) is 24.1. The van der Waals surface area contributed by atoms with Gasteiger partial charge in [-0.15, -0.1) is 0 Å². The summed E-state index contributed by atoms with van der Waals surface area (Å²) in [6.07, 6.45) is 3.71. The van der Waals surface area contributed by atoms with Gasteiger partial charge >= 0.3 is 5.97 Å². The first kappa shape index (κ1) is 22.9. The second-order valence-corrected chi connectivity index (χ2v) is 10.2. The average molecular weight is 449 g/mol. The lowest BCUT2D eigenvalue weighted by Gasteiger charge is -2.44. The van der Waals surface area contributed by atoms with E-state index in [1.807, 2.05) is 35.9 Å². The molecule has 1 aliphatic carbocycles. The summed E-state index contributed by atoms with van der Waals surface area (Å²) in [5.74, 6) is -0.0485. The summed E-state index contributed by atoms with van der Waals surface area (Å²) in [5.41, 5.74) is 3.78. The standard InChI is InChI=1S/C27H32N2O4/c1-16(17-10-11-17)24(18-8-7-9-19(12-18)33-6)25-21-13-22(30)20(26(31)32)14-29(21)23(15-28(25)5)27(2,3)4/h7-9,12-14,17,23H,1,10-11,15H2,2-6H3,(H,31,32)/b25-24+/t23-/m0/s1. The molecule has 6 nitrogen and oxygen atoms in total. The number of carbonyl (C=O) groups is 1. The molecule has 0 radical (unpaired) electrons. The summed E-state index contributed by atoms with van der Waals surface area (Å²) in [5, 5.41) is 9.62. The lowest BCUT2D eigenvalue weighted by molar-refractivity contribution is 0.0693. The van der Waals surface area contributed by atoms with E-state index in [1.54, 1.807) is 7.11 Å². The molecule has 2 heterocycles. The zero-order valence-corrected chi connectivity index (χ0v) is 20.0. The third-order valence-corrected chi connectivity index (χ3v) is 6.70. The molecule has 0 unspecified atom stereocenters. The SMILES string of the molecule is C=C(/C(=C1/c2cc(=O)c(C(=O)O)cn2[C@H](C(C)(C)C)CN1C)c1cccc(OC)c1)C1CC1. The van der Waals surface area contributed by atoms with E-state index in [2.05, 4.69) is 32.3 Å². The van der Waals surface area contributed by atoms with E-state index < -0.39 is 11.4 Å². The molecule has 1 saturated carbocycles. The highest BCUT2D eigenvalue weighted by Gasteiger charge is 2.38. The van der Waals surface area contributed by atoms with Gasteiger partial charge in [-0.1, -0.05) is 39.5 Å². The van der Waals surface area contributed by atoms with Gasteiger partial charge in [0.05, 0.1) is 24.5 Å². The van der Waals surface area contributed by atoms with Gasteiger partial charge in [-0.3, -0.25) is 4.79 Å². The van der Waals surface area contributed by atoms with Crippen molar-refractivity contribution in [3.05, 3.63) is 75.7 Å². The van der Waals surface area contributed by atoms with Crippen molar-refractivity contribution in [1.82, 2.24) is 9.47 Å². The van der Waals surface area contributed by atoms with Gasteiger partial charge in [-0.25, -0.2) is 4.79 Å². The number of carboxylic acid groups (broad SMARTS) is 1. The molecule has 1 fully saturated rings. The van der Waals surface area contributed by atoms with Crippen LogP contribution in [0, 0.1) is 11.3 Å². The molecule has 1 N–H and O–H groups in total. The molecule has 174 valence electrons. The number of allylic oxidation sites excluding steroid dienone is 2.